The molecule has 0 radical (unpaired) electrons. The molecule has 0 heterocycles. The third-order valence-corrected chi connectivity index (χ3v) is 2.30. The number of unbranched alkanes of at least 4 members (excludes halogenated alkanes) is 1. The zero-order valence-corrected chi connectivity index (χ0v) is 8.85. The second-order valence-electron chi connectivity index (χ2n) is 3.53. The summed E-state index contributed by atoms with van der Waals surface area (Å²) < 4.78 is 0. The van der Waals surface area contributed by atoms with Crippen LogP contribution in [0.25, 0.3) is 0 Å². The first-order chi connectivity index (χ1) is 7.15. The van der Waals surface area contributed by atoms with Gasteiger partial charge in [0.15, 0.2) is 11.5 Å². The van der Waals surface area contributed by atoms with Crippen LogP contribution in [0, 0.1) is 0 Å². The molecule has 1 aromatic rings. The highest BCUT2D eigenvalue weighted by atomic mass is 16.3. The molecule has 1 aromatic carbocycles. The Hall–Kier alpha value is -1.42. The van der Waals surface area contributed by atoms with Gasteiger partial charge in [-0.3, -0.25) is 0 Å². The molecule has 0 atom stereocenters. The monoisotopic (exact) mass is 211 g/mol. The van der Waals surface area contributed by atoms with Crippen LogP contribution < -0.4 is 4.90 Å². The molecule has 0 amide bonds. The minimum absolute atomic E-state index is 0.109. The highest BCUT2D eigenvalue weighted by molar-refractivity contribution is 5.54. The summed E-state index contributed by atoms with van der Waals surface area (Å²) in [6.07, 6.45) is 1.67. The van der Waals surface area contributed by atoms with Crippen molar-refractivity contribution in [2.45, 2.75) is 12.8 Å². The number of hydrogen-bond acceptors (Lipinski definition) is 4. The van der Waals surface area contributed by atoms with Crippen molar-refractivity contribution in [1.82, 2.24) is 0 Å². The van der Waals surface area contributed by atoms with Gasteiger partial charge in [-0.2, -0.15) is 0 Å². The third kappa shape index (κ3) is 3.32. The zero-order valence-electron chi connectivity index (χ0n) is 8.85. The van der Waals surface area contributed by atoms with Crippen molar-refractivity contribution in [2.24, 2.45) is 0 Å². The van der Waals surface area contributed by atoms with E-state index < -0.39 is 0 Å². The van der Waals surface area contributed by atoms with E-state index >= 15 is 0 Å². The SMILES string of the molecule is CN(CCCCO)c1ccc(O)c(O)c1. The van der Waals surface area contributed by atoms with Crippen LogP contribution in [-0.4, -0.2) is 35.5 Å². The van der Waals surface area contributed by atoms with E-state index in [1.165, 1.54) is 12.1 Å². The number of phenolic OH excluding ortho intramolecular Hbond substituents is 2. The molecule has 3 N–H and O–H groups in total. The lowest BCUT2D eigenvalue weighted by Crippen LogP contribution is -2.18. The van der Waals surface area contributed by atoms with Crippen LogP contribution in [0.4, 0.5) is 5.69 Å². The molecule has 1 rings (SSSR count). The minimum Gasteiger partial charge on any atom is -0.504 e. The van der Waals surface area contributed by atoms with Crippen LogP contribution >= 0.6 is 0 Å². The first kappa shape index (κ1) is 11.7. The number of aliphatic hydroxyl groups excluding tert-OH is 1. The molecule has 0 aliphatic rings. The number of anilines is 1. The fourth-order valence-electron chi connectivity index (χ4n) is 1.34. The smallest absolute Gasteiger partial charge is 0.159 e. The molecule has 0 aromatic heterocycles. The van der Waals surface area contributed by atoms with Crippen molar-refractivity contribution in [2.75, 3.05) is 25.1 Å². The van der Waals surface area contributed by atoms with E-state index in [0.29, 0.717) is 0 Å². The molecule has 0 aliphatic carbocycles. The lowest BCUT2D eigenvalue weighted by molar-refractivity contribution is 0.285. The molecule has 0 spiro atoms. The Balaban J connectivity index is 2.57. The van der Waals surface area contributed by atoms with E-state index in [9.17, 15) is 5.11 Å². The molecule has 4 nitrogen and oxygen atoms in total. The summed E-state index contributed by atoms with van der Waals surface area (Å²) >= 11 is 0. The van der Waals surface area contributed by atoms with Gasteiger partial charge in [0.1, 0.15) is 0 Å². The Kier molecular flexibility index (Phi) is 4.24. The summed E-state index contributed by atoms with van der Waals surface area (Å²) in [4.78, 5) is 1.97. The summed E-state index contributed by atoms with van der Waals surface area (Å²) in [5, 5.41) is 27.1. The van der Waals surface area contributed by atoms with E-state index in [0.717, 1.165) is 25.1 Å². The van der Waals surface area contributed by atoms with Crippen LogP contribution in [0.5, 0.6) is 11.5 Å². The average molecular weight is 211 g/mol. The van der Waals surface area contributed by atoms with Crippen LogP contribution in [0.15, 0.2) is 18.2 Å². The summed E-state index contributed by atoms with van der Waals surface area (Å²) in [6.45, 7) is 1.01. The van der Waals surface area contributed by atoms with Gasteiger partial charge in [0.2, 0.25) is 0 Å². The van der Waals surface area contributed by atoms with Crippen molar-refractivity contribution >= 4 is 5.69 Å². The number of benzene rings is 1. The summed E-state index contributed by atoms with van der Waals surface area (Å²) in [5.74, 6) is -0.219. The van der Waals surface area contributed by atoms with E-state index in [1.54, 1.807) is 6.07 Å². The second-order valence-corrected chi connectivity index (χ2v) is 3.53. The highest BCUT2D eigenvalue weighted by Crippen LogP contribution is 2.28. The second kappa shape index (κ2) is 5.46. The quantitative estimate of drug-likeness (QED) is 0.507. The van der Waals surface area contributed by atoms with Gasteiger partial charge in [-0.15, -0.1) is 0 Å². The van der Waals surface area contributed by atoms with Crippen molar-refractivity contribution in [1.29, 1.82) is 0 Å². The molecule has 15 heavy (non-hydrogen) atoms. The number of rotatable bonds is 5. The Morgan fingerprint density at radius 3 is 2.47 bits per heavy atom. The van der Waals surface area contributed by atoms with Gasteiger partial charge in [-0.1, -0.05) is 0 Å². The Morgan fingerprint density at radius 1 is 1.13 bits per heavy atom. The van der Waals surface area contributed by atoms with Gasteiger partial charge >= 0.3 is 0 Å². The molecule has 0 fully saturated rings. The van der Waals surface area contributed by atoms with E-state index in [-0.39, 0.29) is 18.1 Å². The third-order valence-electron chi connectivity index (χ3n) is 2.30. The van der Waals surface area contributed by atoms with Crippen LogP contribution in [0.3, 0.4) is 0 Å². The Labute approximate surface area is 89.4 Å². The molecule has 0 saturated carbocycles. The molecular weight excluding hydrogens is 194 g/mol. The molecule has 0 unspecified atom stereocenters. The van der Waals surface area contributed by atoms with E-state index in [1.807, 2.05) is 11.9 Å². The average Bonchev–Trinajstić information content (AvgIpc) is 2.22. The topological polar surface area (TPSA) is 63.9 Å². The highest BCUT2D eigenvalue weighted by Gasteiger charge is 2.04. The molecule has 84 valence electrons. The molecule has 0 bridgehead atoms. The van der Waals surface area contributed by atoms with Crippen molar-refractivity contribution in [3.63, 3.8) is 0 Å². The Bertz CT molecular complexity index is 315. The number of nitrogens with zero attached hydrogens (tertiary/aromatic N) is 1. The molecule has 4 heteroatoms. The fraction of sp³-hybridized carbons (Fsp3) is 0.455. The summed E-state index contributed by atoms with van der Waals surface area (Å²) in [7, 11) is 1.91. The van der Waals surface area contributed by atoms with Gasteiger partial charge in [-0.05, 0) is 25.0 Å². The molecule has 0 aliphatic heterocycles. The first-order valence-electron chi connectivity index (χ1n) is 4.99. The van der Waals surface area contributed by atoms with Gasteiger partial charge in [0, 0.05) is 32.0 Å². The van der Waals surface area contributed by atoms with Gasteiger partial charge in [0.05, 0.1) is 0 Å². The van der Waals surface area contributed by atoms with Gasteiger partial charge < -0.3 is 20.2 Å². The lowest BCUT2D eigenvalue weighted by atomic mass is 10.2. The zero-order chi connectivity index (χ0) is 11.3. The van der Waals surface area contributed by atoms with Gasteiger partial charge in [-0.25, -0.2) is 0 Å². The number of aliphatic hydroxyl groups is 1. The van der Waals surface area contributed by atoms with E-state index in [2.05, 4.69) is 0 Å². The van der Waals surface area contributed by atoms with Crippen LogP contribution in [0.2, 0.25) is 0 Å². The molecule has 0 saturated heterocycles. The fourth-order valence-corrected chi connectivity index (χ4v) is 1.34. The van der Waals surface area contributed by atoms with E-state index in [4.69, 9.17) is 10.2 Å². The van der Waals surface area contributed by atoms with Crippen LogP contribution in [-0.2, 0) is 0 Å². The van der Waals surface area contributed by atoms with Crippen molar-refractivity contribution in [3.05, 3.63) is 18.2 Å². The van der Waals surface area contributed by atoms with Crippen molar-refractivity contribution in [3.8, 4) is 11.5 Å². The Morgan fingerprint density at radius 2 is 1.87 bits per heavy atom. The maximum Gasteiger partial charge on any atom is 0.159 e. The maximum atomic E-state index is 9.30. The van der Waals surface area contributed by atoms with Crippen LogP contribution in [0.1, 0.15) is 12.8 Å². The first-order valence-corrected chi connectivity index (χ1v) is 4.99. The summed E-state index contributed by atoms with van der Waals surface area (Å²) in [5.41, 5.74) is 0.850. The number of hydrogen-bond donors (Lipinski definition) is 3. The number of aromatic hydroxyl groups is 2. The molecular formula is C11H17NO3. The summed E-state index contributed by atoms with van der Waals surface area (Å²) in [6, 6.07) is 4.73. The predicted molar refractivity (Wildman–Crippen MR) is 59.4 cm³/mol. The standard InChI is InChI=1S/C11H17NO3/c1-12(6-2-3-7-13)9-4-5-10(14)11(15)8-9/h4-5,8,13-15H,2-3,6-7H2,1H3. The lowest BCUT2D eigenvalue weighted by Gasteiger charge is -2.19. The number of phenols is 2. The predicted octanol–water partition coefficient (Wildman–Crippen LogP) is 1.31. The minimum atomic E-state index is -0.110. The normalized spacial score (nSPS) is 10.3. The van der Waals surface area contributed by atoms with Crippen molar-refractivity contribution < 1.29 is 15.3 Å². The van der Waals surface area contributed by atoms with Gasteiger partial charge in [0.25, 0.3) is 0 Å². The largest absolute Gasteiger partial charge is 0.504 e. The maximum absolute atomic E-state index is 9.30.